The van der Waals surface area contributed by atoms with Crippen LogP contribution < -0.4 is 0 Å². The van der Waals surface area contributed by atoms with Gasteiger partial charge in [-0.3, -0.25) is 4.57 Å². The van der Waals surface area contributed by atoms with Gasteiger partial charge < -0.3 is 4.42 Å². The fraction of sp³-hybridized carbons (Fsp3) is 0.0222. The van der Waals surface area contributed by atoms with Gasteiger partial charge in [-0.15, -0.1) is 0 Å². The molecule has 1 aliphatic rings. The second-order valence-electron chi connectivity index (χ2n) is 13.3. The van der Waals surface area contributed by atoms with Crippen molar-refractivity contribution in [1.82, 2.24) is 14.5 Å². The van der Waals surface area contributed by atoms with Crippen LogP contribution in [0.1, 0.15) is 11.1 Å². The molecule has 0 fully saturated rings. The van der Waals surface area contributed by atoms with Gasteiger partial charge >= 0.3 is 0 Å². The summed E-state index contributed by atoms with van der Waals surface area (Å²) < 4.78 is 9.09. The first-order valence-electron chi connectivity index (χ1n) is 16.8. The summed E-state index contributed by atoms with van der Waals surface area (Å²) >= 11 is 0. The topological polar surface area (TPSA) is 43.9 Å². The Morgan fingerprint density at radius 1 is 0.510 bits per heavy atom. The van der Waals surface area contributed by atoms with Crippen molar-refractivity contribution in [2.24, 2.45) is 0 Å². The van der Waals surface area contributed by atoms with Crippen LogP contribution in [0.5, 0.6) is 0 Å². The number of hydrogen-bond acceptors (Lipinski definition) is 3. The van der Waals surface area contributed by atoms with Crippen LogP contribution in [-0.2, 0) is 6.42 Å². The summed E-state index contributed by atoms with van der Waals surface area (Å²) in [7, 11) is 0. The minimum absolute atomic E-state index is 0.833. The van der Waals surface area contributed by atoms with Gasteiger partial charge in [-0.05, 0) is 80.2 Å². The third kappa shape index (κ3) is 3.23. The standard InChI is InChI=1S/C45H25N3O/c1-2-11-25(12-3-1)43-45(47-35-19-9-8-18-34(35)46-43)48-36-21-22-38-42-39-30(17-10-20-37(39)49-38)28-15-6-7-16-29(28)32-24-31-27-14-5-4-13-26(27)23-33(31)44(48)40(32)41(36)42/h1-22,24H,23H2. The molecule has 49 heavy (non-hydrogen) atoms. The number of rotatable bonds is 2. The Bertz CT molecular complexity index is 3190. The molecule has 0 unspecified atom stereocenters. The first-order valence-corrected chi connectivity index (χ1v) is 16.8. The maximum absolute atomic E-state index is 6.66. The lowest BCUT2D eigenvalue weighted by molar-refractivity contribution is 0.669. The third-order valence-electron chi connectivity index (χ3n) is 10.8. The van der Waals surface area contributed by atoms with E-state index >= 15 is 0 Å². The molecule has 0 N–H and O–H groups in total. The lowest BCUT2D eigenvalue weighted by Gasteiger charge is -2.15. The molecule has 4 heteroatoms. The van der Waals surface area contributed by atoms with Crippen LogP contribution in [0.3, 0.4) is 0 Å². The van der Waals surface area contributed by atoms with Crippen molar-refractivity contribution in [3.8, 4) is 28.2 Å². The van der Waals surface area contributed by atoms with Gasteiger partial charge in [0.15, 0.2) is 5.82 Å². The molecule has 3 heterocycles. The van der Waals surface area contributed by atoms with Crippen molar-refractivity contribution in [2.45, 2.75) is 6.42 Å². The Kier molecular flexibility index (Phi) is 4.74. The van der Waals surface area contributed by atoms with Crippen molar-refractivity contribution in [3.05, 3.63) is 151 Å². The number of benzene rings is 7. The van der Waals surface area contributed by atoms with Gasteiger partial charge in [0.05, 0.1) is 22.1 Å². The molecule has 0 saturated carbocycles. The number of para-hydroxylation sites is 2. The van der Waals surface area contributed by atoms with E-state index in [9.17, 15) is 0 Å². The highest BCUT2D eigenvalue weighted by Gasteiger charge is 2.30. The normalized spacial score (nSPS) is 12.8. The predicted octanol–water partition coefficient (Wildman–Crippen LogP) is 11.6. The fourth-order valence-electron chi connectivity index (χ4n) is 8.76. The van der Waals surface area contributed by atoms with Gasteiger partial charge in [0.2, 0.25) is 0 Å². The highest BCUT2D eigenvalue weighted by molar-refractivity contribution is 6.39. The first-order chi connectivity index (χ1) is 24.3. The summed E-state index contributed by atoms with van der Waals surface area (Å²) in [6.07, 6.45) is 0.850. The predicted molar refractivity (Wildman–Crippen MR) is 201 cm³/mol. The van der Waals surface area contributed by atoms with E-state index in [1.807, 2.05) is 12.1 Å². The summed E-state index contributed by atoms with van der Waals surface area (Å²) in [6, 6.07) is 49.8. The summed E-state index contributed by atoms with van der Waals surface area (Å²) in [5, 5.41) is 9.64. The largest absolute Gasteiger partial charge is 0.456 e. The van der Waals surface area contributed by atoms with Crippen molar-refractivity contribution in [2.75, 3.05) is 0 Å². The van der Waals surface area contributed by atoms with Crippen molar-refractivity contribution < 1.29 is 4.42 Å². The van der Waals surface area contributed by atoms with E-state index in [0.29, 0.717) is 0 Å². The lowest BCUT2D eigenvalue weighted by Crippen LogP contribution is -2.05. The number of hydrogen-bond donors (Lipinski definition) is 0. The maximum Gasteiger partial charge on any atom is 0.165 e. The quantitative estimate of drug-likeness (QED) is 0.192. The zero-order chi connectivity index (χ0) is 31.8. The van der Waals surface area contributed by atoms with Gasteiger partial charge in [0.25, 0.3) is 0 Å². The SMILES string of the molecule is c1ccc(-c2nc3ccccc3nc2-n2c3ccc4oc5cccc6c7ccccc7c7cc8c(c2c7c3c4c56)Cc2ccccc2-8)cc1. The van der Waals surface area contributed by atoms with Crippen molar-refractivity contribution >= 4 is 76.3 Å². The monoisotopic (exact) mass is 623 g/mol. The second-order valence-corrected chi connectivity index (χ2v) is 13.3. The highest BCUT2D eigenvalue weighted by atomic mass is 16.3. The van der Waals surface area contributed by atoms with E-state index in [0.717, 1.165) is 62.0 Å². The average molecular weight is 624 g/mol. The van der Waals surface area contributed by atoms with Crippen LogP contribution in [0.25, 0.3) is 105 Å². The van der Waals surface area contributed by atoms with Crippen LogP contribution in [0.15, 0.2) is 144 Å². The van der Waals surface area contributed by atoms with Gasteiger partial charge in [-0.2, -0.15) is 0 Å². The van der Waals surface area contributed by atoms with Crippen molar-refractivity contribution in [1.29, 1.82) is 0 Å². The van der Waals surface area contributed by atoms with Crippen LogP contribution in [-0.4, -0.2) is 14.5 Å². The molecule has 1 aliphatic carbocycles. The zero-order valence-corrected chi connectivity index (χ0v) is 26.2. The van der Waals surface area contributed by atoms with Crippen LogP contribution in [0, 0.1) is 0 Å². The molecule has 8 aromatic carbocycles. The van der Waals surface area contributed by atoms with Crippen LogP contribution >= 0.6 is 0 Å². The summed E-state index contributed by atoms with van der Waals surface area (Å²) in [5.74, 6) is 0.833. The van der Waals surface area contributed by atoms with Gasteiger partial charge in [-0.1, -0.05) is 103 Å². The zero-order valence-electron chi connectivity index (χ0n) is 26.2. The van der Waals surface area contributed by atoms with E-state index in [2.05, 4.69) is 132 Å². The molecular weight excluding hydrogens is 599 g/mol. The minimum atomic E-state index is 0.833. The molecule has 3 aromatic heterocycles. The molecule has 226 valence electrons. The molecular formula is C45H25N3O. The molecule has 0 bridgehead atoms. The van der Waals surface area contributed by atoms with E-state index < -0.39 is 0 Å². The lowest BCUT2D eigenvalue weighted by atomic mass is 9.92. The Morgan fingerprint density at radius 3 is 2.10 bits per heavy atom. The number of nitrogens with zero attached hydrogens (tertiary/aromatic N) is 3. The van der Waals surface area contributed by atoms with Crippen LogP contribution in [0.4, 0.5) is 0 Å². The maximum atomic E-state index is 6.66. The molecule has 0 radical (unpaired) electrons. The molecule has 0 atom stereocenters. The molecule has 0 saturated heterocycles. The second kappa shape index (κ2) is 9.09. The smallest absolute Gasteiger partial charge is 0.165 e. The average Bonchev–Trinajstić information content (AvgIpc) is 3.83. The Hall–Kier alpha value is -6.52. The number of fused-ring (bicyclic) bond motifs is 8. The molecule has 12 rings (SSSR count). The Labute approximate surface area is 279 Å². The summed E-state index contributed by atoms with van der Waals surface area (Å²) in [4.78, 5) is 10.8. The summed E-state index contributed by atoms with van der Waals surface area (Å²) in [6.45, 7) is 0. The Morgan fingerprint density at radius 2 is 1.22 bits per heavy atom. The van der Waals surface area contributed by atoms with E-state index in [1.54, 1.807) is 0 Å². The number of aromatic nitrogens is 3. The number of furan rings is 1. The van der Waals surface area contributed by atoms with Crippen molar-refractivity contribution in [3.63, 3.8) is 0 Å². The van der Waals surface area contributed by atoms with Gasteiger partial charge in [0, 0.05) is 33.5 Å². The van der Waals surface area contributed by atoms with Crippen LogP contribution in [0.2, 0.25) is 0 Å². The van der Waals surface area contributed by atoms with E-state index in [4.69, 9.17) is 14.4 Å². The molecule has 0 amide bonds. The Balaban J connectivity index is 1.41. The summed E-state index contributed by atoms with van der Waals surface area (Å²) in [5.41, 5.74) is 13.0. The third-order valence-corrected chi connectivity index (χ3v) is 10.8. The first kappa shape index (κ1) is 25.6. The van der Waals surface area contributed by atoms with Gasteiger partial charge in [0.1, 0.15) is 16.9 Å². The molecule has 0 spiro atoms. The molecule has 0 aliphatic heterocycles. The van der Waals surface area contributed by atoms with E-state index in [1.165, 1.54) is 60.1 Å². The highest BCUT2D eigenvalue weighted by Crippen LogP contribution is 2.51. The fourth-order valence-corrected chi connectivity index (χ4v) is 8.76. The minimum Gasteiger partial charge on any atom is -0.456 e. The molecule has 11 aromatic rings. The van der Waals surface area contributed by atoms with E-state index in [-0.39, 0.29) is 0 Å². The molecule has 4 nitrogen and oxygen atoms in total. The van der Waals surface area contributed by atoms with Gasteiger partial charge in [-0.25, -0.2) is 9.97 Å².